The lowest BCUT2D eigenvalue weighted by Crippen LogP contribution is -2.58. The minimum absolute atomic E-state index is 0.0345. The summed E-state index contributed by atoms with van der Waals surface area (Å²) in [6.07, 6.45) is 4.54. The molecule has 4 aromatic rings. The Morgan fingerprint density at radius 1 is 1.14 bits per heavy atom. The molecule has 216 valence electrons. The van der Waals surface area contributed by atoms with Crippen molar-refractivity contribution < 1.29 is 7.54 Å². The summed E-state index contributed by atoms with van der Waals surface area (Å²) in [5, 5.41) is 1.13. The summed E-state index contributed by atoms with van der Waals surface area (Å²) in [5.41, 5.74) is 4.56. The van der Waals surface area contributed by atoms with E-state index in [2.05, 4.69) is 16.5 Å². The molecule has 1 aliphatic rings. The van der Waals surface area contributed by atoms with Gasteiger partial charge in [0, 0.05) is 47.3 Å². The standard InChI is InChI=1S/C34H36ClN5O2/c1-8-24-12-10-11-13-25(24)26-17-29-27(16-28(26)35)33(39-22(6)18-38(19-23(39)7)30(41)9-2)37-34(42)40(29)32-21(5)14-15-36-31(32)20(3)4/h8-17,20,22-23H,1-2,18-19H2,3-7H3/t22-,23-/m0/s1/i1D2. The molecule has 1 fully saturated rings. The van der Waals surface area contributed by atoms with Crippen LogP contribution >= 0.6 is 11.6 Å². The average Bonchev–Trinajstić information content (AvgIpc) is 2.96. The van der Waals surface area contributed by atoms with E-state index in [9.17, 15) is 9.59 Å². The number of rotatable bonds is 6. The van der Waals surface area contributed by atoms with Crippen molar-refractivity contribution in [3.05, 3.63) is 100 Å². The number of aryl methyl sites for hydroxylation is 1. The number of fused-ring (bicyclic) bond motifs is 1. The number of benzene rings is 2. The fourth-order valence-electron chi connectivity index (χ4n) is 6.05. The normalized spacial score (nSPS) is 17.7. The second-order valence-corrected chi connectivity index (χ2v) is 11.6. The first-order chi connectivity index (χ1) is 20.9. The maximum atomic E-state index is 14.2. The van der Waals surface area contributed by atoms with E-state index in [1.54, 1.807) is 15.7 Å². The average molecular weight is 584 g/mol. The molecule has 0 aliphatic carbocycles. The predicted octanol–water partition coefficient (Wildman–Crippen LogP) is 6.79. The van der Waals surface area contributed by atoms with Crippen LogP contribution in [0.5, 0.6) is 0 Å². The first-order valence-electron chi connectivity index (χ1n) is 15.1. The first kappa shape index (κ1) is 26.7. The first-order valence-corrected chi connectivity index (χ1v) is 14.5. The number of nitrogens with zero attached hydrogens (tertiary/aromatic N) is 5. The van der Waals surface area contributed by atoms with E-state index in [-0.39, 0.29) is 30.4 Å². The minimum Gasteiger partial charge on any atom is -0.347 e. The van der Waals surface area contributed by atoms with Crippen LogP contribution in [0.4, 0.5) is 5.82 Å². The summed E-state index contributed by atoms with van der Waals surface area (Å²) in [6, 6.07) is 12.8. The number of aromatic nitrogens is 3. The third-order valence-electron chi connectivity index (χ3n) is 7.94. The third kappa shape index (κ3) is 5.02. The van der Waals surface area contributed by atoms with E-state index in [0.29, 0.717) is 51.6 Å². The van der Waals surface area contributed by atoms with E-state index < -0.39 is 5.69 Å². The zero-order valence-corrected chi connectivity index (χ0v) is 25.3. The van der Waals surface area contributed by atoms with Crippen LogP contribution in [0.25, 0.3) is 33.8 Å². The Morgan fingerprint density at radius 3 is 2.52 bits per heavy atom. The fourth-order valence-corrected chi connectivity index (χ4v) is 6.32. The summed E-state index contributed by atoms with van der Waals surface area (Å²) in [5.74, 6) is 0.404. The molecule has 0 radical (unpaired) electrons. The van der Waals surface area contributed by atoms with Crippen LogP contribution in [0.15, 0.2) is 72.6 Å². The highest BCUT2D eigenvalue weighted by molar-refractivity contribution is 6.34. The van der Waals surface area contributed by atoms with Crippen molar-refractivity contribution in [1.82, 2.24) is 19.4 Å². The molecular weight excluding hydrogens is 546 g/mol. The molecule has 5 rings (SSSR count). The lowest BCUT2D eigenvalue weighted by atomic mass is 9.97. The zero-order valence-electron chi connectivity index (χ0n) is 26.6. The number of piperazine rings is 1. The van der Waals surface area contributed by atoms with Gasteiger partial charge in [-0.15, -0.1) is 0 Å². The van der Waals surface area contributed by atoms with E-state index in [4.69, 9.17) is 19.3 Å². The molecule has 0 unspecified atom stereocenters. The van der Waals surface area contributed by atoms with Crippen LogP contribution in [-0.2, 0) is 4.79 Å². The van der Waals surface area contributed by atoms with Crippen molar-refractivity contribution in [1.29, 1.82) is 0 Å². The highest BCUT2D eigenvalue weighted by Gasteiger charge is 2.34. The molecule has 7 nitrogen and oxygen atoms in total. The van der Waals surface area contributed by atoms with Crippen molar-refractivity contribution in [3.63, 3.8) is 0 Å². The molecule has 0 N–H and O–H groups in total. The smallest absolute Gasteiger partial charge is 0.347 e. The Balaban J connectivity index is 1.85. The second kappa shape index (κ2) is 11.6. The molecule has 2 aromatic heterocycles. The lowest BCUT2D eigenvalue weighted by molar-refractivity contribution is -0.127. The maximum absolute atomic E-state index is 14.2. The molecule has 8 heteroatoms. The van der Waals surface area contributed by atoms with Gasteiger partial charge >= 0.3 is 5.69 Å². The van der Waals surface area contributed by atoms with E-state index in [0.717, 1.165) is 16.8 Å². The van der Waals surface area contributed by atoms with E-state index >= 15 is 0 Å². The summed E-state index contributed by atoms with van der Waals surface area (Å²) >= 11 is 7.04. The van der Waals surface area contributed by atoms with Crippen LogP contribution in [-0.4, -0.2) is 50.5 Å². The molecule has 0 spiro atoms. The molecule has 2 aromatic carbocycles. The number of halogens is 1. The Hall–Kier alpha value is -4.23. The SMILES string of the molecule is [2H]C([2H])=Cc1ccccc1-c1cc2c(cc1Cl)c(N1[C@@H](C)CN(C(=O)C=C)C[C@@H]1C)nc(=O)n2-c1c(C)ccnc1C(C)C. The van der Waals surface area contributed by atoms with Gasteiger partial charge in [0.1, 0.15) is 5.82 Å². The van der Waals surface area contributed by atoms with Crippen molar-refractivity contribution in [3.8, 4) is 16.8 Å². The molecule has 1 amide bonds. The van der Waals surface area contributed by atoms with Crippen molar-refractivity contribution >= 4 is 40.3 Å². The molecule has 0 saturated carbocycles. The number of carbonyl (C=O) groups excluding carboxylic acids is 1. The summed E-state index contributed by atoms with van der Waals surface area (Å²) in [4.78, 5) is 39.9. The van der Waals surface area contributed by atoms with Crippen molar-refractivity contribution in [2.45, 2.75) is 52.6 Å². The van der Waals surface area contributed by atoms with Crippen LogP contribution in [0.1, 0.15) is 53.2 Å². The van der Waals surface area contributed by atoms with Crippen molar-refractivity contribution in [2.24, 2.45) is 0 Å². The minimum atomic E-state index is -0.449. The summed E-state index contributed by atoms with van der Waals surface area (Å²) < 4.78 is 17.1. The van der Waals surface area contributed by atoms with Gasteiger partial charge in [-0.3, -0.25) is 14.3 Å². The number of anilines is 1. The van der Waals surface area contributed by atoms with Gasteiger partial charge in [-0.25, -0.2) is 4.79 Å². The molecule has 42 heavy (non-hydrogen) atoms. The highest BCUT2D eigenvalue weighted by Crippen LogP contribution is 2.39. The fraction of sp³-hybridized carbons (Fsp3) is 0.294. The zero-order chi connectivity index (χ0) is 31.9. The van der Waals surface area contributed by atoms with E-state index in [1.165, 1.54) is 12.2 Å². The maximum Gasteiger partial charge on any atom is 0.354 e. The topological polar surface area (TPSA) is 71.3 Å². The van der Waals surface area contributed by atoms with Crippen LogP contribution in [0.2, 0.25) is 5.02 Å². The predicted molar refractivity (Wildman–Crippen MR) is 173 cm³/mol. The monoisotopic (exact) mass is 583 g/mol. The quantitative estimate of drug-likeness (QED) is 0.234. The van der Waals surface area contributed by atoms with Gasteiger partial charge in [0.2, 0.25) is 5.91 Å². The molecule has 3 heterocycles. The van der Waals surface area contributed by atoms with Gasteiger partial charge in [-0.05, 0) is 67.7 Å². The number of carbonyl (C=O) groups is 1. The Kier molecular flexibility index (Phi) is 7.34. The number of hydrogen-bond donors (Lipinski definition) is 0. The Labute approximate surface area is 254 Å². The van der Waals surface area contributed by atoms with Crippen molar-refractivity contribution in [2.75, 3.05) is 18.0 Å². The summed E-state index contributed by atoms with van der Waals surface area (Å²) in [6.45, 7) is 14.3. The number of hydrogen-bond acceptors (Lipinski definition) is 5. The number of amides is 1. The van der Waals surface area contributed by atoms with Gasteiger partial charge in [-0.2, -0.15) is 4.98 Å². The largest absolute Gasteiger partial charge is 0.354 e. The van der Waals surface area contributed by atoms with Gasteiger partial charge in [0.25, 0.3) is 0 Å². The highest BCUT2D eigenvalue weighted by atomic mass is 35.5. The molecule has 0 bridgehead atoms. The van der Waals surface area contributed by atoms with Crippen LogP contribution in [0.3, 0.4) is 0 Å². The third-order valence-corrected chi connectivity index (χ3v) is 8.25. The Bertz CT molecular complexity index is 1850. The van der Waals surface area contributed by atoms with Crippen LogP contribution < -0.4 is 10.6 Å². The number of pyridine rings is 1. The molecule has 1 saturated heterocycles. The van der Waals surface area contributed by atoms with Crippen LogP contribution in [0, 0.1) is 6.92 Å². The van der Waals surface area contributed by atoms with Gasteiger partial charge < -0.3 is 9.80 Å². The molecular formula is C34H36ClN5O2. The summed E-state index contributed by atoms with van der Waals surface area (Å²) in [7, 11) is 0. The second-order valence-electron chi connectivity index (χ2n) is 11.2. The van der Waals surface area contributed by atoms with Gasteiger partial charge in [0.15, 0.2) is 0 Å². The lowest BCUT2D eigenvalue weighted by Gasteiger charge is -2.45. The van der Waals surface area contributed by atoms with Gasteiger partial charge in [-0.1, -0.05) is 68.9 Å². The molecule has 2 atom stereocenters. The Morgan fingerprint density at radius 2 is 1.86 bits per heavy atom. The van der Waals surface area contributed by atoms with E-state index in [1.807, 2.05) is 77.1 Å². The molecule has 1 aliphatic heterocycles. The van der Waals surface area contributed by atoms with Gasteiger partial charge in [0.05, 0.1) is 19.6 Å².